The number of fused-ring (bicyclic) bond motifs is 2. The summed E-state index contributed by atoms with van der Waals surface area (Å²) in [4.78, 5) is 16.5. The van der Waals surface area contributed by atoms with Gasteiger partial charge in [-0.15, -0.1) is 11.3 Å². The van der Waals surface area contributed by atoms with Gasteiger partial charge < -0.3 is 9.47 Å². The van der Waals surface area contributed by atoms with Crippen molar-refractivity contribution in [2.24, 2.45) is 0 Å². The molecule has 0 N–H and O–H groups in total. The molecular weight excluding hydrogens is 401 g/mol. The summed E-state index contributed by atoms with van der Waals surface area (Å²) in [6.45, 7) is 4.05. The van der Waals surface area contributed by atoms with Gasteiger partial charge in [-0.1, -0.05) is 18.2 Å². The first-order valence-corrected chi connectivity index (χ1v) is 10.7. The van der Waals surface area contributed by atoms with Crippen molar-refractivity contribution in [2.75, 3.05) is 13.3 Å². The van der Waals surface area contributed by atoms with Gasteiger partial charge in [0.25, 0.3) is 0 Å². The molecule has 0 saturated carbocycles. The number of carbonyl (C=O) groups is 1. The van der Waals surface area contributed by atoms with Crippen LogP contribution in [0.1, 0.15) is 31.9 Å². The molecular formula is C24H20FNO3S. The van der Waals surface area contributed by atoms with Gasteiger partial charge in [-0.25, -0.2) is 4.39 Å². The monoisotopic (exact) mass is 421 g/mol. The number of carbonyl (C=O) groups excluding carboxylic acids is 1. The third-order valence-corrected chi connectivity index (χ3v) is 6.34. The molecule has 0 amide bonds. The number of rotatable bonds is 4. The SMILES string of the molecule is Cc1c2c(cc3c1O/C(=C\c1cccc(F)c1)C3=O)CN(CCc1cccs1)CO2. The molecule has 5 rings (SSSR count). The van der Waals surface area contributed by atoms with E-state index in [-0.39, 0.29) is 17.4 Å². The molecule has 30 heavy (non-hydrogen) atoms. The van der Waals surface area contributed by atoms with Gasteiger partial charge in [0.2, 0.25) is 5.78 Å². The number of nitrogens with zero attached hydrogens (tertiary/aromatic N) is 1. The molecule has 3 aromatic rings. The number of allylic oxidation sites excluding steroid dienone is 1. The highest BCUT2D eigenvalue weighted by atomic mass is 32.1. The molecule has 3 heterocycles. The average Bonchev–Trinajstić information content (AvgIpc) is 3.36. The number of thiophene rings is 1. The lowest BCUT2D eigenvalue weighted by atomic mass is 10.00. The summed E-state index contributed by atoms with van der Waals surface area (Å²) in [7, 11) is 0. The summed E-state index contributed by atoms with van der Waals surface area (Å²) >= 11 is 1.76. The Hall–Kier alpha value is -2.96. The van der Waals surface area contributed by atoms with Gasteiger partial charge in [0.15, 0.2) is 5.76 Å². The van der Waals surface area contributed by atoms with Crippen LogP contribution in [-0.2, 0) is 13.0 Å². The molecule has 2 aliphatic rings. The van der Waals surface area contributed by atoms with Gasteiger partial charge in [0, 0.05) is 29.1 Å². The molecule has 0 unspecified atom stereocenters. The molecule has 0 atom stereocenters. The highest BCUT2D eigenvalue weighted by Gasteiger charge is 2.33. The van der Waals surface area contributed by atoms with Gasteiger partial charge in [-0.2, -0.15) is 0 Å². The minimum Gasteiger partial charge on any atom is -0.477 e. The van der Waals surface area contributed by atoms with E-state index in [9.17, 15) is 9.18 Å². The van der Waals surface area contributed by atoms with Crippen LogP contribution in [0, 0.1) is 12.7 Å². The highest BCUT2D eigenvalue weighted by Crippen LogP contribution is 2.43. The van der Waals surface area contributed by atoms with E-state index >= 15 is 0 Å². The van der Waals surface area contributed by atoms with Crippen LogP contribution in [-0.4, -0.2) is 24.0 Å². The maximum atomic E-state index is 13.5. The number of hydrogen-bond acceptors (Lipinski definition) is 5. The van der Waals surface area contributed by atoms with E-state index in [1.54, 1.807) is 29.5 Å². The van der Waals surface area contributed by atoms with Crippen molar-refractivity contribution in [3.05, 3.63) is 86.6 Å². The van der Waals surface area contributed by atoms with Crippen molar-refractivity contribution >= 4 is 23.2 Å². The Kier molecular flexibility index (Phi) is 4.89. The zero-order valence-corrected chi connectivity index (χ0v) is 17.3. The summed E-state index contributed by atoms with van der Waals surface area (Å²) in [5.74, 6) is 0.996. The summed E-state index contributed by atoms with van der Waals surface area (Å²) < 4.78 is 25.4. The molecule has 0 aliphatic carbocycles. The standard InChI is InChI=1S/C24H20FNO3S/c1-15-23-17(13-26(14-28-23)8-7-19-6-3-9-30-19)12-20-22(27)21(29-24(15)20)11-16-4-2-5-18(25)10-16/h2-6,9-12H,7-8,13-14H2,1H3/b21-11-. The lowest BCUT2D eigenvalue weighted by molar-refractivity contribution is 0.0956. The number of ketones is 1. The second-order valence-corrected chi connectivity index (χ2v) is 8.55. The molecule has 0 bridgehead atoms. The molecule has 2 aromatic carbocycles. The van der Waals surface area contributed by atoms with Crippen molar-refractivity contribution in [3.63, 3.8) is 0 Å². The van der Waals surface area contributed by atoms with E-state index < -0.39 is 0 Å². The van der Waals surface area contributed by atoms with Crippen molar-refractivity contribution in [1.29, 1.82) is 0 Å². The zero-order valence-electron chi connectivity index (χ0n) is 16.5. The second-order valence-electron chi connectivity index (χ2n) is 7.52. The Morgan fingerprint density at radius 3 is 2.90 bits per heavy atom. The van der Waals surface area contributed by atoms with E-state index in [4.69, 9.17) is 9.47 Å². The number of hydrogen-bond donors (Lipinski definition) is 0. The zero-order chi connectivity index (χ0) is 20.7. The van der Waals surface area contributed by atoms with Gasteiger partial charge in [0.1, 0.15) is 24.0 Å². The molecule has 152 valence electrons. The number of benzene rings is 2. The van der Waals surface area contributed by atoms with Crippen molar-refractivity contribution in [2.45, 2.75) is 19.9 Å². The minimum absolute atomic E-state index is 0.184. The van der Waals surface area contributed by atoms with Crippen LogP contribution < -0.4 is 9.47 Å². The average molecular weight is 421 g/mol. The fourth-order valence-electron chi connectivity index (χ4n) is 3.91. The van der Waals surface area contributed by atoms with E-state index in [1.807, 2.05) is 13.0 Å². The number of ether oxygens (including phenoxy) is 2. The fourth-order valence-corrected chi connectivity index (χ4v) is 4.61. The third kappa shape index (κ3) is 3.53. The lowest BCUT2D eigenvalue weighted by Gasteiger charge is -2.30. The summed E-state index contributed by atoms with van der Waals surface area (Å²) in [6.07, 6.45) is 2.56. The van der Waals surface area contributed by atoms with E-state index in [1.165, 1.54) is 17.0 Å². The van der Waals surface area contributed by atoms with Crippen LogP contribution >= 0.6 is 11.3 Å². The Bertz CT molecular complexity index is 1150. The van der Waals surface area contributed by atoms with Crippen LogP contribution in [0.15, 0.2) is 53.6 Å². The van der Waals surface area contributed by atoms with Crippen LogP contribution in [0.5, 0.6) is 11.5 Å². The smallest absolute Gasteiger partial charge is 0.231 e. The second kappa shape index (κ2) is 7.70. The van der Waals surface area contributed by atoms with Gasteiger partial charge in [-0.3, -0.25) is 9.69 Å². The largest absolute Gasteiger partial charge is 0.477 e. The van der Waals surface area contributed by atoms with E-state index in [0.717, 1.165) is 36.4 Å². The van der Waals surface area contributed by atoms with Crippen LogP contribution in [0.2, 0.25) is 0 Å². The summed E-state index contributed by atoms with van der Waals surface area (Å²) in [6, 6.07) is 12.2. The molecule has 0 saturated heterocycles. The molecule has 0 radical (unpaired) electrons. The van der Waals surface area contributed by atoms with Crippen LogP contribution in [0.25, 0.3) is 6.08 Å². The quantitative estimate of drug-likeness (QED) is 0.543. The first-order chi connectivity index (χ1) is 14.6. The maximum Gasteiger partial charge on any atom is 0.231 e. The Balaban J connectivity index is 1.39. The summed E-state index contributed by atoms with van der Waals surface area (Å²) in [5, 5.41) is 2.09. The van der Waals surface area contributed by atoms with Crippen molar-refractivity contribution < 1.29 is 18.7 Å². The van der Waals surface area contributed by atoms with Crippen LogP contribution in [0.4, 0.5) is 4.39 Å². The maximum absolute atomic E-state index is 13.5. The van der Waals surface area contributed by atoms with Crippen molar-refractivity contribution in [1.82, 2.24) is 4.90 Å². The minimum atomic E-state index is -0.352. The van der Waals surface area contributed by atoms with E-state index in [2.05, 4.69) is 22.4 Å². The van der Waals surface area contributed by atoms with Crippen molar-refractivity contribution in [3.8, 4) is 11.5 Å². The first kappa shape index (κ1) is 19.0. The van der Waals surface area contributed by atoms with Gasteiger partial charge in [-0.05, 0) is 54.6 Å². The highest BCUT2D eigenvalue weighted by molar-refractivity contribution is 7.09. The van der Waals surface area contributed by atoms with Crippen LogP contribution in [0.3, 0.4) is 0 Å². The molecule has 6 heteroatoms. The first-order valence-electron chi connectivity index (χ1n) is 9.82. The Morgan fingerprint density at radius 2 is 2.10 bits per heavy atom. The third-order valence-electron chi connectivity index (χ3n) is 5.40. The van der Waals surface area contributed by atoms with Gasteiger partial charge in [0.05, 0.1) is 5.56 Å². The number of Topliss-reactive ketones (excluding diaryl/α,β-unsaturated/α-hetero) is 1. The topological polar surface area (TPSA) is 38.8 Å². The predicted molar refractivity (Wildman–Crippen MR) is 114 cm³/mol. The molecule has 0 fully saturated rings. The normalized spacial score (nSPS) is 16.9. The van der Waals surface area contributed by atoms with Gasteiger partial charge >= 0.3 is 0 Å². The van der Waals surface area contributed by atoms with E-state index in [0.29, 0.717) is 23.6 Å². The Labute approximate surface area is 178 Å². The Morgan fingerprint density at radius 1 is 1.20 bits per heavy atom. The predicted octanol–water partition coefficient (Wildman–Crippen LogP) is 5.21. The fraction of sp³-hybridized carbons (Fsp3) is 0.208. The molecule has 2 aliphatic heterocycles. The molecule has 1 aromatic heterocycles. The lowest BCUT2D eigenvalue weighted by Crippen LogP contribution is -2.34. The summed E-state index contributed by atoms with van der Waals surface area (Å²) in [5.41, 5.74) is 2.95. The molecule has 0 spiro atoms. The number of halogens is 1. The molecule has 4 nitrogen and oxygen atoms in total.